The molecule has 2 heterocycles. The second-order valence-electron chi connectivity index (χ2n) is 6.62. The van der Waals surface area contributed by atoms with Crippen LogP contribution in [-0.4, -0.2) is 56.4 Å². The Balaban J connectivity index is 1.56. The van der Waals surface area contributed by atoms with E-state index < -0.39 is 0 Å². The van der Waals surface area contributed by atoms with E-state index >= 15 is 0 Å². The summed E-state index contributed by atoms with van der Waals surface area (Å²) in [6, 6.07) is 11.3. The summed E-state index contributed by atoms with van der Waals surface area (Å²) in [6.45, 7) is 7.64. The molecule has 2 aromatic rings. The highest BCUT2D eigenvalue weighted by Crippen LogP contribution is 2.26. The van der Waals surface area contributed by atoms with Crippen molar-refractivity contribution in [3.05, 3.63) is 48.3 Å². The van der Waals surface area contributed by atoms with Gasteiger partial charge in [-0.05, 0) is 25.8 Å². The van der Waals surface area contributed by atoms with Gasteiger partial charge in [-0.25, -0.2) is 0 Å². The van der Waals surface area contributed by atoms with Gasteiger partial charge >= 0.3 is 0 Å². The number of nitrogens with zero attached hydrogens (tertiary/aromatic N) is 5. The Morgan fingerprint density at radius 2 is 2.16 bits per heavy atom. The number of amides is 1. The Bertz CT molecular complexity index is 658. The maximum Gasteiger partial charge on any atom is 0.224 e. The molecule has 3 rings (SSSR count). The number of benzene rings is 1. The van der Waals surface area contributed by atoms with Crippen LogP contribution in [-0.2, 0) is 11.3 Å². The molecule has 2 unspecified atom stereocenters. The van der Waals surface area contributed by atoms with Gasteiger partial charge in [0, 0.05) is 44.3 Å². The summed E-state index contributed by atoms with van der Waals surface area (Å²) in [5.41, 5.74) is 1.34. The lowest BCUT2D eigenvalue weighted by Crippen LogP contribution is -2.42. The summed E-state index contributed by atoms with van der Waals surface area (Å²) in [5.74, 6) is 0.206. The van der Waals surface area contributed by atoms with Gasteiger partial charge in [-0.15, -0.1) is 5.10 Å². The van der Waals surface area contributed by atoms with Gasteiger partial charge < -0.3 is 4.90 Å². The zero-order valence-electron chi connectivity index (χ0n) is 15.1. The van der Waals surface area contributed by atoms with Gasteiger partial charge in [0.05, 0.1) is 12.7 Å². The molecule has 0 spiro atoms. The van der Waals surface area contributed by atoms with Crippen molar-refractivity contribution >= 4 is 5.91 Å². The fraction of sp³-hybridized carbons (Fsp3) is 0.526. The maximum atomic E-state index is 12.6. The fourth-order valence-corrected chi connectivity index (χ4v) is 3.66. The largest absolute Gasteiger partial charge is 0.339 e. The Hall–Kier alpha value is -2.21. The van der Waals surface area contributed by atoms with Crippen molar-refractivity contribution in [2.75, 3.05) is 19.6 Å². The summed E-state index contributed by atoms with van der Waals surface area (Å²) < 4.78 is 1.71. The number of hydrogen-bond donors (Lipinski definition) is 0. The van der Waals surface area contributed by atoms with Crippen molar-refractivity contribution in [3.63, 3.8) is 0 Å². The lowest BCUT2D eigenvalue weighted by atomic mass is 10.1. The Labute approximate surface area is 149 Å². The molecule has 0 N–H and O–H groups in total. The highest BCUT2D eigenvalue weighted by Gasteiger charge is 2.32. The average molecular weight is 341 g/mol. The summed E-state index contributed by atoms with van der Waals surface area (Å²) in [6.07, 6.45) is 4.95. The SMILES string of the molecule is CCN(C(=O)CCn1ccnn1)C1CCN(C(C)c2ccccc2)C1. The van der Waals surface area contributed by atoms with E-state index in [1.54, 1.807) is 17.1 Å². The molecule has 0 bridgehead atoms. The van der Waals surface area contributed by atoms with Crippen molar-refractivity contribution in [1.29, 1.82) is 0 Å². The van der Waals surface area contributed by atoms with Crippen LogP contribution >= 0.6 is 0 Å². The third-order valence-corrected chi connectivity index (χ3v) is 5.15. The second kappa shape index (κ2) is 8.25. The van der Waals surface area contributed by atoms with Crippen LogP contribution in [0.15, 0.2) is 42.7 Å². The Morgan fingerprint density at radius 3 is 2.84 bits per heavy atom. The number of carbonyl (C=O) groups excluding carboxylic acids is 1. The summed E-state index contributed by atoms with van der Waals surface area (Å²) in [4.78, 5) is 17.2. The molecule has 0 radical (unpaired) electrons. The van der Waals surface area contributed by atoms with Crippen LogP contribution in [0.2, 0.25) is 0 Å². The molecule has 134 valence electrons. The monoisotopic (exact) mass is 341 g/mol. The van der Waals surface area contributed by atoms with Gasteiger partial charge in [-0.3, -0.25) is 14.4 Å². The molecule has 1 aliphatic rings. The number of carbonyl (C=O) groups is 1. The van der Waals surface area contributed by atoms with Crippen LogP contribution in [0.25, 0.3) is 0 Å². The van der Waals surface area contributed by atoms with Gasteiger partial charge in [0.2, 0.25) is 5.91 Å². The minimum absolute atomic E-state index is 0.206. The van der Waals surface area contributed by atoms with E-state index in [9.17, 15) is 4.79 Å². The summed E-state index contributed by atoms with van der Waals surface area (Å²) in [5, 5.41) is 7.71. The van der Waals surface area contributed by atoms with E-state index in [4.69, 9.17) is 0 Å². The van der Waals surface area contributed by atoms with Gasteiger partial charge in [0.1, 0.15) is 0 Å². The highest BCUT2D eigenvalue weighted by molar-refractivity contribution is 5.76. The minimum Gasteiger partial charge on any atom is -0.339 e. The first-order chi connectivity index (χ1) is 12.2. The first-order valence-corrected chi connectivity index (χ1v) is 9.11. The molecule has 1 aromatic heterocycles. The van der Waals surface area contributed by atoms with Gasteiger partial charge in [-0.2, -0.15) is 0 Å². The van der Waals surface area contributed by atoms with E-state index in [1.807, 2.05) is 4.90 Å². The molecule has 6 heteroatoms. The standard InChI is InChI=1S/C19H27N5O/c1-3-24(19(25)10-13-23-14-11-20-21-23)18-9-12-22(15-18)16(2)17-7-5-4-6-8-17/h4-8,11,14,16,18H,3,9-10,12-13,15H2,1-2H3. The predicted molar refractivity (Wildman–Crippen MR) is 96.9 cm³/mol. The van der Waals surface area contributed by atoms with E-state index in [2.05, 4.69) is 59.4 Å². The number of aromatic nitrogens is 3. The molecule has 0 saturated carbocycles. The average Bonchev–Trinajstić information content (AvgIpc) is 3.33. The van der Waals surface area contributed by atoms with E-state index in [1.165, 1.54) is 5.56 Å². The normalized spacial score (nSPS) is 19.0. The fourth-order valence-electron chi connectivity index (χ4n) is 3.66. The minimum atomic E-state index is 0.206. The third-order valence-electron chi connectivity index (χ3n) is 5.15. The number of aryl methyl sites for hydroxylation is 1. The number of hydrogen-bond acceptors (Lipinski definition) is 4. The van der Waals surface area contributed by atoms with Crippen molar-refractivity contribution in [3.8, 4) is 0 Å². The maximum absolute atomic E-state index is 12.6. The van der Waals surface area contributed by atoms with Crippen LogP contribution in [0, 0.1) is 0 Å². The predicted octanol–water partition coefficient (Wildman–Crippen LogP) is 2.35. The molecule has 6 nitrogen and oxygen atoms in total. The zero-order valence-corrected chi connectivity index (χ0v) is 15.1. The van der Waals surface area contributed by atoms with Gasteiger partial charge in [0.15, 0.2) is 0 Å². The summed E-state index contributed by atoms with van der Waals surface area (Å²) >= 11 is 0. The zero-order chi connectivity index (χ0) is 17.6. The van der Waals surface area contributed by atoms with Gasteiger partial charge in [0.25, 0.3) is 0 Å². The molecule has 1 aliphatic heterocycles. The van der Waals surface area contributed by atoms with E-state index in [0.717, 1.165) is 26.1 Å². The molecule has 0 aliphatic carbocycles. The van der Waals surface area contributed by atoms with Gasteiger partial charge in [-0.1, -0.05) is 35.5 Å². The quantitative estimate of drug-likeness (QED) is 0.776. The first-order valence-electron chi connectivity index (χ1n) is 9.11. The van der Waals surface area contributed by atoms with Crippen molar-refractivity contribution in [1.82, 2.24) is 24.8 Å². The Kier molecular flexibility index (Phi) is 5.81. The molecule has 25 heavy (non-hydrogen) atoms. The number of likely N-dealkylation sites (tertiary alicyclic amines) is 1. The van der Waals surface area contributed by atoms with E-state index in [-0.39, 0.29) is 5.91 Å². The second-order valence-corrected chi connectivity index (χ2v) is 6.62. The molecule has 1 saturated heterocycles. The molecule has 1 fully saturated rings. The molecule has 2 atom stereocenters. The molecule has 1 aromatic carbocycles. The third kappa shape index (κ3) is 4.25. The molecular formula is C19H27N5O. The van der Waals surface area contributed by atoms with Crippen LogP contribution in [0.5, 0.6) is 0 Å². The highest BCUT2D eigenvalue weighted by atomic mass is 16.2. The summed E-state index contributed by atoms with van der Waals surface area (Å²) in [7, 11) is 0. The van der Waals surface area contributed by atoms with Crippen LogP contribution in [0.4, 0.5) is 0 Å². The molecular weight excluding hydrogens is 314 g/mol. The smallest absolute Gasteiger partial charge is 0.224 e. The van der Waals surface area contributed by atoms with Crippen molar-refractivity contribution in [2.24, 2.45) is 0 Å². The van der Waals surface area contributed by atoms with Crippen LogP contribution in [0.3, 0.4) is 0 Å². The number of rotatable bonds is 7. The van der Waals surface area contributed by atoms with Crippen LogP contribution < -0.4 is 0 Å². The topological polar surface area (TPSA) is 54.3 Å². The lowest BCUT2D eigenvalue weighted by molar-refractivity contribution is -0.133. The van der Waals surface area contributed by atoms with Crippen molar-refractivity contribution in [2.45, 2.75) is 45.3 Å². The first kappa shape index (κ1) is 17.6. The van der Waals surface area contributed by atoms with Crippen LogP contribution in [0.1, 0.15) is 38.3 Å². The number of likely N-dealkylation sites (N-methyl/N-ethyl adjacent to an activating group) is 1. The van der Waals surface area contributed by atoms with E-state index in [0.29, 0.717) is 25.0 Å². The van der Waals surface area contributed by atoms with Crippen molar-refractivity contribution < 1.29 is 4.79 Å². The Morgan fingerprint density at radius 1 is 1.36 bits per heavy atom. The molecule has 1 amide bonds. The lowest BCUT2D eigenvalue weighted by Gasteiger charge is -2.30.